The molecule has 0 spiro atoms. The number of fused-ring (bicyclic) bond motifs is 1. The normalized spacial score (nSPS) is 10.6. The molecule has 0 aromatic carbocycles. The molecule has 2 aromatic rings. The van der Waals surface area contributed by atoms with Crippen LogP contribution in [-0.2, 0) is 6.54 Å². The van der Waals surface area contributed by atoms with Gasteiger partial charge in [-0.05, 0) is 11.6 Å². The van der Waals surface area contributed by atoms with Crippen molar-refractivity contribution in [1.29, 1.82) is 0 Å². The van der Waals surface area contributed by atoms with E-state index in [1.807, 2.05) is 0 Å². The summed E-state index contributed by atoms with van der Waals surface area (Å²) >= 11 is 5.68. The molecule has 14 heavy (non-hydrogen) atoms. The van der Waals surface area contributed by atoms with Gasteiger partial charge in [-0.1, -0.05) is 6.08 Å². The van der Waals surface area contributed by atoms with Crippen molar-refractivity contribution in [1.82, 2.24) is 19.5 Å². The Morgan fingerprint density at radius 2 is 2.36 bits per heavy atom. The van der Waals surface area contributed by atoms with Gasteiger partial charge in [0.2, 0.25) is 5.28 Å². The van der Waals surface area contributed by atoms with Crippen molar-refractivity contribution in [2.45, 2.75) is 6.54 Å². The van der Waals surface area contributed by atoms with Crippen LogP contribution in [0.4, 0.5) is 5.82 Å². The zero-order chi connectivity index (χ0) is 10.1. The zero-order valence-electron chi connectivity index (χ0n) is 7.31. The van der Waals surface area contributed by atoms with E-state index in [-0.39, 0.29) is 5.28 Å². The zero-order valence-corrected chi connectivity index (χ0v) is 8.07. The largest absolute Gasteiger partial charge is 0.382 e. The van der Waals surface area contributed by atoms with E-state index in [9.17, 15) is 0 Å². The van der Waals surface area contributed by atoms with Crippen molar-refractivity contribution in [3.8, 4) is 0 Å². The van der Waals surface area contributed by atoms with E-state index in [4.69, 9.17) is 17.3 Å². The van der Waals surface area contributed by atoms with Crippen LogP contribution >= 0.6 is 11.6 Å². The Morgan fingerprint density at radius 3 is 3.07 bits per heavy atom. The lowest BCUT2D eigenvalue weighted by Gasteiger charge is -1.99. The second-order valence-corrected chi connectivity index (χ2v) is 3.07. The van der Waals surface area contributed by atoms with Crippen molar-refractivity contribution in [2.75, 3.05) is 5.73 Å². The number of nitrogens with zero attached hydrogens (tertiary/aromatic N) is 4. The van der Waals surface area contributed by atoms with E-state index in [2.05, 4.69) is 21.5 Å². The maximum absolute atomic E-state index is 5.68. The molecule has 2 heterocycles. The highest BCUT2D eigenvalue weighted by Crippen LogP contribution is 2.17. The summed E-state index contributed by atoms with van der Waals surface area (Å²) in [5.41, 5.74) is 6.82. The summed E-state index contributed by atoms with van der Waals surface area (Å²) in [7, 11) is 0. The van der Waals surface area contributed by atoms with Gasteiger partial charge >= 0.3 is 0 Å². The van der Waals surface area contributed by atoms with Gasteiger partial charge in [0, 0.05) is 6.54 Å². The molecule has 0 saturated carbocycles. The van der Waals surface area contributed by atoms with Crippen molar-refractivity contribution in [3.63, 3.8) is 0 Å². The van der Waals surface area contributed by atoms with Crippen LogP contribution in [-0.4, -0.2) is 19.5 Å². The molecule has 0 aliphatic rings. The smallest absolute Gasteiger partial charge is 0.226 e. The van der Waals surface area contributed by atoms with Crippen LogP contribution in [0.3, 0.4) is 0 Å². The molecule has 2 aromatic heterocycles. The Bertz CT molecular complexity index is 490. The molecule has 0 bridgehead atoms. The van der Waals surface area contributed by atoms with Crippen LogP contribution < -0.4 is 5.73 Å². The minimum absolute atomic E-state index is 0.126. The lowest BCUT2D eigenvalue weighted by atomic mass is 10.5. The molecule has 5 nitrogen and oxygen atoms in total. The quantitative estimate of drug-likeness (QED) is 0.597. The van der Waals surface area contributed by atoms with E-state index < -0.39 is 0 Å². The van der Waals surface area contributed by atoms with E-state index in [0.717, 1.165) is 0 Å². The number of nitrogen functional groups attached to an aromatic ring is 1. The number of rotatable bonds is 2. The average Bonchev–Trinajstić information content (AvgIpc) is 2.49. The van der Waals surface area contributed by atoms with Gasteiger partial charge in [-0.25, -0.2) is 4.98 Å². The summed E-state index contributed by atoms with van der Waals surface area (Å²) < 4.78 is 1.80. The molecule has 0 saturated heterocycles. The predicted molar refractivity (Wildman–Crippen MR) is 54.9 cm³/mol. The highest BCUT2D eigenvalue weighted by molar-refractivity contribution is 6.28. The molecule has 0 fully saturated rings. The molecule has 72 valence electrons. The van der Waals surface area contributed by atoms with Gasteiger partial charge in [0.25, 0.3) is 0 Å². The fourth-order valence-corrected chi connectivity index (χ4v) is 1.38. The number of imidazole rings is 1. The Balaban J connectivity index is 2.71. The fraction of sp³-hybridized carbons (Fsp3) is 0.125. The van der Waals surface area contributed by atoms with Gasteiger partial charge in [0.1, 0.15) is 5.52 Å². The third-order valence-electron chi connectivity index (χ3n) is 1.79. The van der Waals surface area contributed by atoms with Crippen molar-refractivity contribution >= 4 is 28.6 Å². The number of halogens is 1. The highest BCUT2D eigenvalue weighted by atomic mass is 35.5. The Kier molecular flexibility index (Phi) is 2.09. The molecule has 0 atom stereocenters. The van der Waals surface area contributed by atoms with Gasteiger partial charge in [-0.15, -0.1) is 6.58 Å². The predicted octanol–water partition coefficient (Wildman–Crippen LogP) is 1.25. The molecular formula is C8H8ClN5. The van der Waals surface area contributed by atoms with Crippen LogP contribution in [0, 0.1) is 0 Å². The number of anilines is 1. The molecule has 2 rings (SSSR count). The second-order valence-electron chi connectivity index (χ2n) is 2.74. The van der Waals surface area contributed by atoms with Gasteiger partial charge in [0.05, 0.1) is 6.33 Å². The molecule has 0 unspecified atom stereocenters. The topological polar surface area (TPSA) is 69.6 Å². The fourth-order valence-electron chi connectivity index (χ4n) is 1.21. The van der Waals surface area contributed by atoms with Gasteiger partial charge in [0.15, 0.2) is 11.5 Å². The number of aromatic nitrogens is 4. The van der Waals surface area contributed by atoms with E-state index in [1.54, 1.807) is 17.0 Å². The van der Waals surface area contributed by atoms with E-state index in [0.29, 0.717) is 23.5 Å². The van der Waals surface area contributed by atoms with E-state index in [1.165, 1.54) is 0 Å². The summed E-state index contributed by atoms with van der Waals surface area (Å²) in [6.45, 7) is 4.25. The summed E-state index contributed by atoms with van der Waals surface area (Å²) in [6, 6.07) is 0. The van der Waals surface area contributed by atoms with Crippen LogP contribution in [0.15, 0.2) is 19.0 Å². The molecule has 0 radical (unpaired) electrons. The summed E-state index contributed by atoms with van der Waals surface area (Å²) in [6.07, 6.45) is 3.38. The van der Waals surface area contributed by atoms with Crippen molar-refractivity contribution in [3.05, 3.63) is 24.3 Å². The number of allylic oxidation sites excluding steroid dienone is 1. The van der Waals surface area contributed by atoms with Crippen molar-refractivity contribution < 1.29 is 0 Å². The molecule has 0 aliphatic carbocycles. The monoisotopic (exact) mass is 209 g/mol. The lowest BCUT2D eigenvalue weighted by molar-refractivity contribution is 0.838. The molecule has 0 aliphatic heterocycles. The SMILES string of the molecule is C=CCn1cnc2c(N)nc(Cl)nc21. The Labute approximate surface area is 85.2 Å². The molecule has 2 N–H and O–H groups in total. The maximum atomic E-state index is 5.68. The first-order chi connectivity index (χ1) is 6.72. The first-order valence-corrected chi connectivity index (χ1v) is 4.35. The van der Waals surface area contributed by atoms with Crippen LogP contribution in [0.2, 0.25) is 5.28 Å². The Hall–Kier alpha value is -1.62. The maximum Gasteiger partial charge on any atom is 0.226 e. The minimum Gasteiger partial charge on any atom is -0.382 e. The van der Waals surface area contributed by atoms with Crippen LogP contribution in [0.1, 0.15) is 0 Å². The molecule has 6 heteroatoms. The molecular weight excluding hydrogens is 202 g/mol. The average molecular weight is 210 g/mol. The van der Waals surface area contributed by atoms with E-state index >= 15 is 0 Å². The van der Waals surface area contributed by atoms with Crippen LogP contribution in [0.5, 0.6) is 0 Å². The van der Waals surface area contributed by atoms with Gasteiger partial charge in [-0.3, -0.25) is 0 Å². The number of hydrogen-bond donors (Lipinski definition) is 1. The molecule has 0 amide bonds. The first-order valence-electron chi connectivity index (χ1n) is 3.97. The summed E-state index contributed by atoms with van der Waals surface area (Å²) in [5.74, 6) is 0.294. The highest BCUT2D eigenvalue weighted by Gasteiger charge is 2.08. The first kappa shape index (κ1) is 8.96. The third kappa shape index (κ3) is 1.31. The second kappa shape index (κ2) is 3.26. The summed E-state index contributed by atoms with van der Waals surface area (Å²) in [4.78, 5) is 11.9. The summed E-state index contributed by atoms with van der Waals surface area (Å²) in [5, 5.41) is 0.126. The number of hydrogen-bond acceptors (Lipinski definition) is 4. The van der Waals surface area contributed by atoms with Crippen LogP contribution in [0.25, 0.3) is 11.2 Å². The van der Waals surface area contributed by atoms with Crippen molar-refractivity contribution in [2.24, 2.45) is 0 Å². The lowest BCUT2D eigenvalue weighted by Crippen LogP contribution is -1.98. The van der Waals surface area contributed by atoms with Gasteiger partial charge < -0.3 is 10.3 Å². The third-order valence-corrected chi connectivity index (χ3v) is 1.96. The number of nitrogens with two attached hydrogens (primary N) is 1. The minimum atomic E-state index is 0.126. The van der Waals surface area contributed by atoms with Gasteiger partial charge in [-0.2, -0.15) is 9.97 Å². The standard InChI is InChI=1S/C8H8ClN5/c1-2-3-14-4-11-5-6(10)12-8(9)13-7(5)14/h2,4H,1,3H2,(H2,10,12,13). The Morgan fingerprint density at radius 1 is 1.57 bits per heavy atom.